The van der Waals surface area contributed by atoms with Crippen molar-refractivity contribution in [1.82, 2.24) is 29.7 Å². The van der Waals surface area contributed by atoms with Crippen molar-refractivity contribution < 1.29 is 18.0 Å². The van der Waals surface area contributed by atoms with E-state index < -0.39 is 17.6 Å². The van der Waals surface area contributed by atoms with Crippen LogP contribution in [0.4, 0.5) is 13.2 Å². The van der Waals surface area contributed by atoms with Crippen molar-refractivity contribution in [3.8, 4) is 0 Å². The third-order valence-electron chi connectivity index (χ3n) is 4.46. The number of hydrogen-bond donors (Lipinski definition) is 1. The van der Waals surface area contributed by atoms with Crippen molar-refractivity contribution in [3.05, 3.63) is 52.2 Å². The second-order valence-electron chi connectivity index (χ2n) is 6.68. The summed E-state index contributed by atoms with van der Waals surface area (Å²) in [6, 6.07) is 2.16. The first-order valence-corrected chi connectivity index (χ1v) is 9.68. The van der Waals surface area contributed by atoms with E-state index in [2.05, 4.69) is 27.5 Å². The summed E-state index contributed by atoms with van der Waals surface area (Å²) in [7, 11) is 0. The number of fused-ring (bicyclic) bond motifs is 1. The zero-order chi connectivity index (χ0) is 21.9. The van der Waals surface area contributed by atoms with Gasteiger partial charge in [-0.25, -0.2) is 0 Å². The Morgan fingerprint density at radius 1 is 1.30 bits per heavy atom. The average Bonchev–Trinajstić information content (AvgIpc) is 3.22. The quantitative estimate of drug-likeness (QED) is 0.562. The highest BCUT2D eigenvalue weighted by atomic mass is 35.5. The molecule has 0 radical (unpaired) electrons. The first-order chi connectivity index (χ1) is 14.2. The molecule has 0 bridgehead atoms. The van der Waals surface area contributed by atoms with Crippen molar-refractivity contribution in [1.29, 1.82) is 0 Å². The van der Waals surface area contributed by atoms with Gasteiger partial charge in [0, 0.05) is 24.4 Å². The molecule has 0 unspecified atom stereocenters. The van der Waals surface area contributed by atoms with Crippen molar-refractivity contribution in [2.75, 3.05) is 0 Å². The standard InChI is InChI=1S/C19H20ClF3N6O/c1-3-4-9-29-18(20)14(12(2)27-29)6-8-17(30)24-10-16-26-25-15-7-5-13(11-28(15)16)19(21,22)23/h5-8,11H,3-4,9-10H2,1-2H3,(H,24,30)/b8-6+. The maximum atomic E-state index is 12.9. The zero-order valence-corrected chi connectivity index (χ0v) is 17.1. The van der Waals surface area contributed by atoms with Gasteiger partial charge in [0.05, 0.1) is 17.8 Å². The predicted molar refractivity (Wildman–Crippen MR) is 106 cm³/mol. The second kappa shape index (κ2) is 8.86. The van der Waals surface area contributed by atoms with Crippen LogP contribution in [-0.4, -0.2) is 30.3 Å². The van der Waals surface area contributed by atoms with E-state index in [1.54, 1.807) is 17.7 Å². The topological polar surface area (TPSA) is 77.1 Å². The van der Waals surface area contributed by atoms with Gasteiger partial charge in [-0.15, -0.1) is 10.2 Å². The number of pyridine rings is 1. The largest absolute Gasteiger partial charge is 0.417 e. The number of amides is 1. The third kappa shape index (κ3) is 4.81. The van der Waals surface area contributed by atoms with Gasteiger partial charge in [-0.3, -0.25) is 13.9 Å². The number of aromatic nitrogens is 5. The van der Waals surface area contributed by atoms with E-state index in [1.807, 2.05) is 0 Å². The minimum atomic E-state index is -4.49. The predicted octanol–water partition coefficient (Wildman–Crippen LogP) is 4.04. The number of carbonyl (C=O) groups excluding carboxylic acids is 1. The lowest BCUT2D eigenvalue weighted by molar-refractivity contribution is -0.137. The fourth-order valence-corrected chi connectivity index (χ4v) is 3.15. The SMILES string of the molecule is CCCCn1nc(C)c(/C=C/C(=O)NCc2nnc3ccc(C(F)(F)F)cn23)c1Cl. The molecule has 3 rings (SSSR count). The Morgan fingerprint density at radius 3 is 2.77 bits per heavy atom. The Balaban J connectivity index is 1.69. The number of alkyl halides is 3. The molecular formula is C19H20ClF3N6O. The minimum Gasteiger partial charge on any atom is -0.345 e. The van der Waals surface area contributed by atoms with E-state index in [0.717, 1.165) is 25.1 Å². The molecule has 160 valence electrons. The molecule has 11 heteroatoms. The van der Waals surface area contributed by atoms with Gasteiger partial charge in [0.1, 0.15) is 5.15 Å². The van der Waals surface area contributed by atoms with Crippen LogP contribution in [0.5, 0.6) is 0 Å². The van der Waals surface area contributed by atoms with Gasteiger partial charge in [-0.2, -0.15) is 18.3 Å². The first-order valence-electron chi connectivity index (χ1n) is 9.30. The van der Waals surface area contributed by atoms with Gasteiger partial charge in [-0.1, -0.05) is 24.9 Å². The smallest absolute Gasteiger partial charge is 0.345 e. The van der Waals surface area contributed by atoms with Crippen molar-refractivity contribution in [2.45, 2.75) is 46.0 Å². The number of carbonyl (C=O) groups is 1. The number of halogens is 4. The van der Waals surface area contributed by atoms with Gasteiger partial charge in [0.2, 0.25) is 5.91 Å². The maximum Gasteiger partial charge on any atom is 0.417 e. The van der Waals surface area contributed by atoms with Crippen LogP contribution in [0, 0.1) is 6.92 Å². The van der Waals surface area contributed by atoms with Crippen molar-refractivity contribution in [2.24, 2.45) is 0 Å². The van der Waals surface area contributed by atoms with Crippen molar-refractivity contribution in [3.63, 3.8) is 0 Å². The number of hydrogen-bond acceptors (Lipinski definition) is 4. The lowest BCUT2D eigenvalue weighted by Crippen LogP contribution is -2.22. The monoisotopic (exact) mass is 440 g/mol. The molecule has 0 aliphatic heterocycles. The summed E-state index contributed by atoms with van der Waals surface area (Å²) in [4.78, 5) is 12.2. The molecule has 3 aromatic heterocycles. The molecule has 1 amide bonds. The number of nitrogens with one attached hydrogen (secondary N) is 1. The molecule has 7 nitrogen and oxygen atoms in total. The Morgan fingerprint density at radius 2 is 2.07 bits per heavy atom. The zero-order valence-electron chi connectivity index (χ0n) is 16.4. The Bertz CT molecular complexity index is 1090. The van der Waals surface area contributed by atoms with Crippen LogP contribution in [0.3, 0.4) is 0 Å². The molecule has 0 saturated heterocycles. The van der Waals surface area contributed by atoms with E-state index in [0.29, 0.717) is 23.0 Å². The normalized spacial score (nSPS) is 12.2. The van der Waals surface area contributed by atoms with Crippen molar-refractivity contribution >= 4 is 29.2 Å². The summed E-state index contributed by atoms with van der Waals surface area (Å²) in [5, 5.41) is 15.1. The summed E-state index contributed by atoms with van der Waals surface area (Å²) in [6.45, 7) is 4.47. The summed E-state index contributed by atoms with van der Waals surface area (Å²) in [6.07, 6.45) is 1.22. The van der Waals surface area contributed by atoms with Gasteiger partial charge < -0.3 is 5.32 Å². The molecule has 0 spiro atoms. The molecule has 3 aromatic rings. The van der Waals surface area contributed by atoms with Gasteiger partial charge in [0.25, 0.3) is 0 Å². The average molecular weight is 441 g/mol. The molecule has 1 N–H and O–H groups in total. The molecule has 0 atom stereocenters. The van der Waals surface area contributed by atoms with Crippen LogP contribution in [-0.2, 0) is 24.1 Å². The molecule has 0 aliphatic carbocycles. The fourth-order valence-electron chi connectivity index (χ4n) is 2.82. The molecule has 0 aliphatic rings. The Labute approximate surface area is 175 Å². The first kappa shape index (κ1) is 21.8. The molecular weight excluding hydrogens is 421 g/mol. The number of nitrogens with zero attached hydrogens (tertiary/aromatic N) is 5. The number of unbranched alkanes of at least 4 members (excludes halogenated alkanes) is 1. The second-order valence-corrected chi connectivity index (χ2v) is 7.04. The third-order valence-corrected chi connectivity index (χ3v) is 4.85. The Hall–Kier alpha value is -2.88. The molecule has 0 saturated carbocycles. The summed E-state index contributed by atoms with van der Waals surface area (Å²) in [5.41, 5.74) is 0.770. The van der Waals surface area contributed by atoms with Gasteiger partial charge >= 0.3 is 6.18 Å². The molecule has 0 fully saturated rings. The fraction of sp³-hybridized carbons (Fsp3) is 0.368. The summed E-state index contributed by atoms with van der Waals surface area (Å²) < 4.78 is 41.6. The van der Waals surface area contributed by atoms with Crippen LogP contribution in [0.25, 0.3) is 11.7 Å². The highest BCUT2D eigenvalue weighted by molar-refractivity contribution is 6.31. The van der Waals surface area contributed by atoms with Crippen LogP contribution in [0.15, 0.2) is 24.4 Å². The lowest BCUT2D eigenvalue weighted by Gasteiger charge is -2.07. The maximum absolute atomic E-state index is 12.9. The van der Waals surface area contributed by atoms with Crippen LogP contribution < -0.4 is 5.32 Å². The van der Waals surface area contributed by atoms with E-state index >= 15 is 0 Å². The molecule has 3 heterocycles. The highest BCUT2D eigenvalue weighted by Gasteiger charge is 2.31. The summed E-state index contributed by atoms with van der Waals surface area (Å²) in [5.74, 6) is -0.269. The molecule has 30 heavy (non-hydrogen) atoms. The van der Waals surface area contributed by atoms with E-state index in [1.165, 1.54) is 16.5 Å². The van der Waals surface area contributed by atoms with E-state index in [4.69, 9.17) is 11.6 Å². The van der Waals surface area contributed by atoms with Gasteiger partial charge in [-0.05, 0) is 31.6 Å². The number of rotatable bonds is 7. The van der Waals surface area contributed by atoms with Crippen LogP contribution in [0.2, 0.25) is 5.15 Å². The molecule has 0 aromatic carbocycles. The van der Waals surface area contributed by atoms with E-state index in [-0.39, 0.29) is 18.0 Å². The number of aryl methyl sites for hydroxylation is 2. The van der Waals surface area contributed by atoms with E-state index in [9.17, 15) is 18.0 Å². The minimum absolute atomic E-state index is 0.0892. The lowest BCUT2D eigenvalue weighted by atomic mass is 10.2. The summed E-state index contributed by atoms with van der Waals surface area (Å²) >= 11 is 6.33. The van der Waals surface area contributed by atoms with Gasteiger partial charge in [0.15, 0.2) is 11.5 Å². The highest BCUT2D eigenvalue weighted by Crippen LogP contribution is 2.29. The Kier molecular flexibility index (Phi) is 6.45. The van der Waals surface area contributed by atoms with Crippen LogP contribution in [0.1, 0.15) is 42.4 Å². The van der Waals surface area contributed by atoms with Crippen LogP contribution >= 0.6 is 11.6 Å².